The van der Waals surface area contributed by atoms with E-state index in [0.29, 0.717) is 12.1 Å². The average molecular weight is 256 g/mol. The topological polar surface area (TPSA) is 66.9 Å². The Morgan fingerprint density at radius 1 is 1.16 bits per heavy atom. The van der Waals surface area contributed by atoms with Crippen molar-refractivity contribution in [2.24, 2.45) is 0 Å². The van der Waals surface area contributed by atoms with Gasteiger partial charge in [-0.3, -0.25) is 9.78 Å². The standard InChI is InChI=1S/C14H16N4O/c1-10-3-4-11(7-16-10)8-18-14(19)12-5-6-13(15-2)17-9-12/h3-7,9H,8H2,1-2H3,(H,15,17)(H,18,19). The summed E-state index contributed by atoms with van der Waals surface area (Å²) in [5.74, 6) is 0.593. The zero-order chi connectivity index (χ0) is 13.7. The van der Waals surface area contributed by atoms with Crippen LogP contribution in [0.4, 0.5) is 5.82 Å². The van der Waals surface area contributed by atoms with E-state index in [9.17, 15) is 4.79 Å². The van der Waals surface area contributed by atoms with Gasteiger partial charge in [0.15, 0.2) is 0 Å². The molecule has 0 radical (unpaired) electrons. The maximum absolute atomic E-state index is 11.9. The molecular formula is C14H16N4O. The second-order valence-corrected chi connectivity index (χ2v) is 4.17. The molecule has 2 heterocycles. The first-order valence-corrected chi connectivity index (χ1v) is 6.02. The molecule has 0 aliphatic rings. The van der Waals surface area contributed by atoms with Crippen LogP contribution in [0, 0.1) is 6.92 Å². The van der Waals surface area contributed by atoms with Gasteiger partial charge in [0.05, 0.1) is 5.56 Å². The van der Waals surface area contributed by atoms with Crippen molar-refractivity contribution in [1.82, 2.24) is 15.3 Å². The fraction of sp³-hybridized carbons (Fsp3) is 0.214. The van der Waals surface area contributed by atoms with Gasteiger partial charge in [0.2, 0.25) is 0 Å². The summed E-state index contributed by atoms with van der Waals surface area (Å²) in [4.78, 5) is 20.2. The number of amides is 1. The van der Waals surface area contributed by atoms with Gasteiger partial charge in [0, 0.05) is 31.7 Å². The van der Waals surface area contributed by atoms with E-state index in [1.165, 1.54) is 0 Å². The fourth-order valence-corrected chi connectivity index (χ4v) is 1.56. The SMILES string of the molecule is CNc1ccc(C(=O)NCc2ccc(C)nc2)cn1. The van der Waals surface area contributed by atoms with Gasteiger partial charge >= 0.3 is 0 Å². The van der Waals surface area contributed by atoms with Crippen molar-refractivity contribution >= 4 is 11.7 Å². The van der Waals surface area contributed by atoms with E-state index >= 15 is 0 Å². The second-order valence-electron chi connectivity index (χ2n) is 4.17. The van der Waals surface area contributed by atoms with Gasteiger partial charge in [-0.1, -0.05) is 6.07 Å². The van der Waals surface area contributed by atoms with Crippen LogP contribution >= 0.6 is 0 Å². The Labute approximate surface area is 112 Å². The zero-order valence-electron chi connectivity index (χ0n) is 11.0. The Kier molecular flexibility index (Phi) is 4.07. The molecule has 0 aromatic carbocycles. The maximum Gasteiger partial charge on any atom is 0.253 e. The number of hydrogen-bond donors (Lipinski definition) is 2. The number of carbonyl (C=O) groups excluding carboxylic acids is 1. The molecule has 98 valence electrons. The molecule has 0 bridgehead atoms. The Morgan fingerprint density at radius 3 is 2.58 bits per heavy atom. The van der Waals surface area contributed by atoms with Gasteiger partial charge in [-0.15, -0.1) is 0 Å². The first kappa shape index (κ1) is 13.0. The van der Waals surface area contributed by atoms with Crippen LogP contribution in [0.2, 0.25) is 0 Å². The van der Waals surface area contributed by atoms with Crippen LogP contribution < -0.4 is 10.6 Å². The minimum Gasteiger partial charge on any atom is -0.373 e. The van der Waals surface area contributed by atoms with Gasteiger partial charge in [0.1, 0.15) is 5.82 Å². The van der Waals surface area contributed by atoms with Gasteiger partial charge in [-0.2, -0.15) is 0 Å². The van der Waals surface area contributed by atoms with Crippen molar-refractivity contribution in [2.75, 3.05) is 12.4 Å². The van der Waals surface area contributed by atoms with Crippen molar-refractivity contribution in [2.45, 2.75) is 13.5 Å². The monoisotopic (exact) mass is 256 g/mol. The Balaban J connectivity index is 1.95. The maximum atomic E-state index is 11.9. The summed E-state index contributed by atoms with van der Waals surface area (Å²) >= 11 is 0. The van der Waals surface area contributed by atoms with Crippen LogP contribution in [0.25, 0.3) is 0 Å². The summed E-state index contributed by atoms with van der Waals surface area (Å²) in [6.07, 6.45) is 3.31. The quantitative estimate of drug-likeness (QED) is 0.874. The van der Waals surface area contributed by atoms with E-state index in [1.54, 1.807) is 31.6 Å². The molecule has 2 aromatic heterocycles. The van der Waals surface area contributed by atoms with Crippen LogP contribution in [0.3, 0.4) is 0 Å². The minimum absolute atomic E-state index is 0.143. The number of hydrogen-bond acceptors (Lipinski definition) is 4. The largest absolute Gasteiger partial charge is 0.373 e. The molecule has 5 heteroatoms. The van der Waals surface area contributed by atoms with Gasteiger partial charge in [0.25, 0.3) is 5.91 Å². The third-order valence-corrected chi connectivity index (χ3v) is 2.71. The molecular weight excluding hydrogens is 240 g/mol. The molecule has 5 nitrogen and oxygen atoms in total. The number of nitrogens with one attached hydrogen (secondary N) is 2. The molecule has 0 atom stereocenters. The highest BCUT2D eigenvalue weighted by Gasteiger charge is 2.05. The van der Waals surface area contributed by atoms with Crippen LogP contribution in [0.15, 0.2) is 36.7 Å². The predicted molar refractivity (Wildman–Crippen MR) is 73.9 cm³/mol. The van der Waals surface area contributed by atoms with Crippen LogP contribution in [-0.2, 0) is 6.54 Å². The van der Waals surface area contributed by atoms with E-state index in [-0.39, 0.29) is 5.91 Å². The Morgan fingerprint density at radius 2 is 2.00 bits per heavy atom. The highest BCUT2D eigenvalue weighted by molar-refractivity contribution is 5.93. The number of anilines is 1. The lowest BCUT2D eigenvalue weighted by molar-refractivity contribution is 0.0950. The van der Waals surface area contributed by atoms with Gasteiger partial charge in [-0.25, -0.2) is 4.98 Å². The van der Waals surface area contributed by atoms with Crippen LogP contribution in [0.1, 0.15) is 21.6 Å². The predicted octanol–water partition coefficient (Wildman–Crippen LogP) is 1.76. The molecule has 0 fully saturated rings. The first-order valence-electron chi connectivity index (χ1n) is 6.02. The molecule has 0 unspecified atom stereocenters. The Hall–Kier alpha value is -2.43. The third kappa shape index (κ3) is 3.51. The molecule has 0 aliphatic heterocycles. The van der Waals surface area contributed by atoms with Gasteiger partial charge in [-0.05, 0) is 30.7 Å². The summed E-state index contributed by atoms with van der Waals surface area (Å²) in [5.41, 5.74) is 2.47. The Bertz CT molecular complexity index is 549. The van der Waals surface area contributed by atoms with Crippen molar-refractivity contribution in [3.63, 3.8) is 0 Å². The normalized spacial score (nSPS) is 10.0. The summed E-state index contributed by atoms with van der Waals surface area (Å²) in [6, 6.07) is 7.37. The third-order valence-electron chi connectivity index (χ3n) is 2.71. The molecule has 0 aliphatic carbocycles. The smallest absolute Gasteiger partial charge is 0.253 e. The lowest BCUT2D eigenvalue weighted by Gasteiger charge is -2.06. The van der Waals surface area contributed by atoms with Crippen molar-refractivity contribution in [3.05, 3.63) is 53.5 Å². The van der Waals surface area contributed by atoms with Crippen LogP contribution in [-0.4, -0.2) is 22.9 Å². The van der Waals surface area contributed by atoms with Crippen LogP contribution in [0.5, 0.6) is 0 Å². The highest BCUT2D eigenvalue weighted by Crippen LogP contribution is 2.05. The summed E-state index contributed by atoms with van der Waals surface area (Å²) in [6.45, 7) is 2.39. The minimum atomic E-state index is -0.143. The zero-order valence-corrected chi connectivity index (χ0v) is 11.0. The molecule has 19 heavy (non-hydrogen) atoms. The first-order chi connectivity index (χ1) is 9.19. The molecule has 0 saturated heterocycles. The number of nitrogens with zero attached hydrogens (tertiary/aromatic N) is 2. The number of aromatic nitrogens is 2. The lowest BCUT2D eigenvalue weighted by Crippen LogP contribution is -2.23. The fourth-order valence-electron chi connectivity index (χ4n) is 1.56. The summed E-state index contributed by atoms with van der Waals surface area (Å²) in [5, 5.41) is 5.74. The molecule has 2 aromatic rings. The van der Waals surface area contributed by atoms with Crippen molar-refractivity contribution in [3.8, 4) is 0 Å². The van der Waals surface area contributed by atoms with E-state index in [0.717, 1.165) is 17.1 Å². The lowest BCUT2D eigenvalue weighted by atomic mass is 10.2. The van der Waals surface area contributed by atoms with Gasteiger partial charge < -0.3 is 10.6 Å². The van der Waals surface area contributed by atoms with Crippen molar-refractivity contribution < 1.29 is 4.79 Å². The summed E-state index contributed by atoms with van der Waals surface area (Å²) < 4.78 is 0. The number of rotatable bonds is 4. The summed E-state index contributed by atoms with van der Waals surface area (Å²) in [7, 11) is 1.78. The molecule has 2 N–H and O–H groups in total. The van der Waals surface area contributed by atoms with E-state index < -0.39 is 0 Å². The second kappa shape index (κ2) is 5.95. The molecule has 2 rings (SSSR count). The number of pyridine rings is 2. The van der Waals surface area contributed by atoms with E-state index in [1.807, 2.05) is 19.1 Å². The highest BCUT2D eigenvalue weighted by atomic mass is 16.1. The molecule has 1 amide bonds. The molecule has 0 spiro atoms. The van der Waals surface area contributed by atoms with Crippen molar-refractivity contribution in [1.29, 1.82) is 0 Å². The van der Waals surface area contributed by atoms with E-state index in [2.05, 4.69) is 20.6 Å². The van der Waals surface area contributed by atoms with E-state index in [4.69, 9.17) is 0 Å². The number of aryl methyl sites for hydroxylation is 1. The molecule has 0 saturated carbocycles. The average Bonchev–Trinajstić information content (AvgIpc) is 2.46. The number of carbonyl (C=O) groups is 1.